The van der Waals surface area contributed by atoms with E-state index in [0.717, 1.165) is 51.4 Å². The number of carbonyl (C=O) groups is 2. The number of carbonyl (C=O) groups excluding carboxylic acids is 2. The van der Waals surface area contributed by atoms with E-state index in [9.17, 15) is 37.9 Å². The quantitative estimate of drug-likeness (QED) is 0.0152. The number of aliphatic hydroxyl groups is 3. The second-order valence-electron chi connectivity index (χ2n) is 16.2. The highest BCUT2D eigenvalue weighted by Gasteiger charge is 2.46. The minimum absolute atomic E-state index is 0.135. The fourth-order valence-corrected chi connectivity index (χ4v) is 7.50. The van der Waals surface area contributed by atoms with Crippen molar-refractivity contribution in [2.45, 2.75) is 224 Å². The monoisotopic (exact) mass is 871 g/mol. The van der Waals surface area contributed by atoms with Crippen LogP contribution in [0.15, 0.2) is 42.2 Å². The van der Waals surface area contributed by atoms with Crippen LogP contribution in [-0.2, 0) is 38.7 Å². The van der Waals surface area contributed by atoms with Crippen LogP contribution in [0, 0.1) is 0 Å². The molecule has 0 amide bonds. The number of rotatable bonds is 38. The molecule has 0 aromatic carbocycles. The van der Waals surface area contributed by atoms with Crippen molar-refractivity contribution in [1.29, 1.82) is 0 Å². The molecule has 4 N–H and O–H groups in total. The number of ether oxygens (including phenoxy) is 4. The topological polar surface area (TPSA) is 186 Å². The van der Waals surface area contributed by atoms with Crippen molar-refractivity contribution >= 4 is 22.1 Å². The van der Waals surface area contributed by atoms with E-state index >= 15 is 0 Å². The van der Waals surface area contributed by atoms with Gasteiger partial charge in [-0.25, -0.2) is 0 Å². The Balaban J connectivity index is 2.48. The van der Waals surface area contributed by atoms with Gasteiger partial charge in [0.25, 0.3) is 10.1 Å². The van der Waals surface area contributed by atoms with Gasteiger partial charge in [-0.3, -0.25) is 14.1 Å². The zero-order chi connectivity index (χ0) is 44.1. The first-order valence-corrected chi connectivity index (χ1v) is 24.9. The summed E-state index contributed by atoms with van der Waals surface area (Å²) in [5.41, 5.74) is 3.27. The Kier molecular flexibility index (Phi) is 34.5. The summed E-state index contributed by atoms with van der Waals surface area (Å²) < 4.78 is 54.0. The Morgan fingerprint density at radius 2 is 1.12 bits per heavy atom. The molecular formula is C47H82O12S. The molecule has 0 bridgehead atoms. The van der Waals surface area contributed by atoms with Crippen molar-refractivity contribution in [1.82, 2.24) is 0 Å². The third-order valence-corrected chi connectivity index (χ3v) is 11.2. The van der Waals surface area contributed by atoms with Gasteiger partial charge >= 0.3 is 11.9 Å². The number of hydrogen-bond donors (Lipinski definition) is 4. The standard InChI is InChI=1S/C47H82O12S/c1-3-5-7-9-11-13-15-17-19-20-22-23-25-27-29-31-33-35-42(48)56-37-40(38-57-47-46(52)45(51)44(50)41(59-47)39-60(53,54)55)58-43(49)36-34-32-30-28-26-24-21-18-16-14-12-10-8-6-4-2/h16,21-23,27,29,40-41,44-47,50-52H,3-15,17,19-20,24-26,28,30-39H2,1-2H3,(H,53,54,55)/b23-22+,29-27+/t18?,40-,41-,44-,45?,46?,47+/m1/s1. The van der Waals surface area contributed by atoms with Gasteiger partial charge in [-0.1, -0.05) is 134 Å². The summed E-state index contributed by atoms with van der Waals surface area (Å²) in [6, 6.07) is 0. The molecule has 0 radical (unpaired) electrons. The first-order valence-electron chi connectivity index (χ1n) is 23.3. The minimum atomic E-state index is -4.61. The van der Waals surface area contributed by atoms with Gasteiger partial charge in [0.1, 0.15) is 36.8 Å². The lowest BCUT2D eigenvalue weighted by molar-refractivity contribution is -0.297. The normalized spacial score (nSPS) is 20.0. The fraction of sp³-hybridized carbons (Fsp3) is 0.809. The van der Waals surface area contributed by atoms with E-state index in [1.54, 1.807) is 0 Å². The molecular weight excluding hydrogens is 789 g/mol. The molecule has 0 aromatic rings. The summed E-state index contributed by atoms with van der Waals surface area (Å²) in [7, 11) is -4.61. The van der Waals surface area contributed by atoms with Crippen LogP contribution < -0.4 is 0 Å². The van der Waals surface area contributed by atoms with E-state index in [2.05, 4.69) is 50.0 Å². The highest BCUT2D eigenvalue weighted by atomic mass is 32.2. The van der Waals surface area contributed by atoms with Gasteiger partial charge in [-0.15, -0.1) is 5.73 Å². The molecule has 1 aliphatic rings. The van der Waals surface area contributed by atoms with E-state index in [1.165, 1.54) is 89.9 Å². The van der Waals surface area contributed by atoms with E-state index in [4.69, 9.17) is 18.9 Å². The smallest absolute Gasteiger partial charge is 0.306 e. The fourth-order valence-electron chi connectivity index (χ4n) is 6.81. The molecule has 0 saturated carbocycles. The second kappa shape index (κ2) is 37.2. The van der Waals surface area contributed by atoms with E-state index in [-0.39, 0.29) is 19.4 Å². The molecule has 348 valence electrons. The summed E-state index contributed by atoms with van der Waals surface area (Å²) >= 11 is 0. The maximum Gasteiger partial charge on any atom is 0.306 e. The van der Waals surface area contributed by atoms with Crippen molar-refractivity contribution in [3.05, 3.63) is 42.2 Å². The van der Waals surface area contributed by atoms with E-state index in [0.29, 0.717) is 19.3 Å². The van der Waals surface area contributed by atoms with Gasteiger partial charge in [0.2, 0.25) is 0 Å². The Bertz CT molecular complexity index is 1310. The van der Waals surface area contributed by atoms with Gasteiger partial charge in [0.15, 0.2) is 12.4 Å². The lowest BCUT2D eigenvalue weighted by Crippen LogP contribution is -2.60. The number of unbranched alkanes of at least 4 members (excludes halogenated alkanes) is 20. The SMILES string of the molecule is CCCCCCCC=C=CCCCCCCCC(=O)O[C@H](COC(=O)CCC/C=C/C/C=C/CCCCCCCCCCC)CO[C@H]1O[C@H](CS(=O)(=O)O)[C@@H](O)C(O)C1O. The average Bonchev–Trinajstić information content (AvgIpc) is 3.21. The predicted molar refractivity (Wildman–Crippen MR) is 237 cm³/mol. The number of aliphatic hydroxyl groups excluding tert-OH is 3. The third-order valence-electron chi connectivity index (χ3n) is 10.5. The summed E-state index contributed by atoms with van der Waals surface area (Å²) in [5, 5.41) is 30.9. The van der Waals surface area contributed by atoms with Crippen LogP contribution >= 0.6 is 0 Å². The van der Waals surface area contributed by atoms with Crippen LogP contribution in [0.1, 0.15) is 187 Å². The van der Waals surface area contributed by atoms with Gasteiger partial charge in [-0.05, 0) is 76.4 Å². The van der Waals surface area contributed by atoms with Crippen molar-refractivity contribution < 1.29 is 56.8 Å². The van der Waals surface area contributed by atoms with Crippen LogP contribution in [0.5, 0.6) is 0 Å². The predicted octanol–water partition coefficient (Wildman–Crippen LogP) is 9.55. The van der Waals surface area contributed by atoms with Gasteiger partial charge < -0.3 is 34.3 Å². The molecule has 1 fully saturated rings. The lowest BCUT2D eigenvalue weighted by atomic mass is 10.00. The lowest BCUT2D eigenvalue weighted by Gasteiger charge is -2.40. The molecule has 6 atom stereocenters. The Hall–Kier alpha value is -2.35. The highest BCUT2D eigenvalue weighted by Crippen LogP contribution is 2.24. The average molecular weight is 871 g/mol. The minimum Gasteiger partial charge on any atom is -0.462 e. The largest absolute Gasteiger partial charge is 0.462 e. The number of hydrogen-bond acceptors (Lipinski definition) is 11. The molecule has 0 aliphatic carbocycles. The summed E-state index contributed by atoms with van der Waals surface area (Å²) in [5.74, 6) is -2.06. The van der Waals surface area contributed by atoms with Gasteiger partial charge in [0.05, 0.1) is 6.61 Å². The zero-order valence-electron chi connectivity index (χ0n) is 37.1. The van der Waals surface area contributed by atoms with Crippen molar-refractivity contribution in [3.8, 4) is 0 Å². The molecule has 60 heavy (non-hydrogen) atoms. The molecule has 0 aromatic heterocycles. The van der Waals surface area contributed by atoms with E-state index < -0.39 is 71.2 Å². The molecule has 1 saturated heterocycles. The number of esters is 2. The van der Waals surface area contributed by atoms with Crippen molar-refractivity contribution in [3.63, 3.8) is 0 Å². The van der Waals surface area contributed by atoms with Crippen LogP contribution in [0.4, 0.5) is 0 Å². The van der Waals surface area contributed by atoms with Crippen LogP contribution in [0.2, 0.25) is 0 Å². The zero-order valence-corrected chi connectivity index (χ0v) is 37.9. The van der Waals surface area contributed by atoms with Crippen LogP contribution in [-0.4, -0.2) is 96.0 Å². The Morgan fingerprint density at radius 1 is 0.617 bits per heavy atom. The first kappa shape index (κ1) is 55.7. The summed E-state index contributed by atoms with van der Waals surface area (Å²) in [6.07, 6.45) is 31.2. The molecule has 0 spiro atoms. The molecule has 2 unspecified atom stereocenters. The second-order valence-corrected chi connectivity index (χ2v) is 17.7. The molecule has 1 aliphatic heterocycles. The van der Waals surface area contributed by atoms with Gasteiger partial charge in [-0.2, -0.15) is 8.42 Å². The van der Waals surface area contributed by atoms with Crippen LogP contribution in [0.25, 0.3) is 0 Å². The molecule has 12 nitrogen and oxygen atoms in total. The highest BCUT2D eigenvalue weighted by molar-refractivity contribution is 7.85. The summed E-state index contributed by atoms with van der Waals surface area (Å²) in [4.78, 5) is 25.4. The first-order chi connectivity index (χ1) is 29.0. The Labute approximate surface area is 363 Å². The maximum absolute atomic E-state index is 12.8. The van der Waals surface area contributed by atoms with Crippen LogP contribution in [0.3, 0.4) is 0 Å². The summed E-state index contributed by atoms with van der Waals surface area (Å²) in [6.45, 7) is 3.69. The van der Waals surface area contributed by atoms with Gasteiger partial charge in [0, 0.05) is 12.8 Å². The Morgan fingerprint density at radius 3 is 1.68 bits per heavy atom. The molecule has 13 heteroatoms. The third kappa shape index (κ3) is 31.5. The van der Waals surface area contributed by atoms with E-state index in [1.807, 2.05) is 6.08 Å². The maximum atomic E-state index is 12.8. The molecule has 1 heterocycles. The van der Waals surface area contributed by atoms with Crippen molar-refractivity contribution in [2.75, 3.05) is 19.0 Å². The van der Waals surface area contributed by atoms with Crippen molar-refractivity contribution in [2.24, 2.45) is 0 Å². The molecule has 1 rings (SSSR count). The number of allylic oxidation sites excluding steroid dienone is 5.